The zero-order valence-corrected chi connectivity index (χ0v) is 18.1. The molecule has 0 saturated heterocycles. The van der Waals surface area contributed by atoms with Crippen LogP contribution in [0.15, 0.2) is 79.0 Å². The number of carbonyl (C=O) groups is 1. The number of rotatable bonds is 7. The van der Waals surface area contributed by atoms with Crippen LogP contribution < -0.4 is 11.1 Å². The van der Waals surface area contributed by atoms with E-state index in [1.807, 2.05) is 60.7 Å². The van der Waals surface area contributed by atoms with Gasteiger partial charge in [0.05, 0.1) is 29.2 Å². The topological polar surface area (TPSA) is 71.2 Å². The van der Waals surface area contributed by atoms with Gasteiger partial charge in [0.1, 0.15) is 0 Å². The molecule has 1 atom stereocenters. The van der Waals surface area contributed by atoms with E-state index in [4.69, 9.17) is 5.73 Å². The molecule has 1 aliphatic rings. The van der Waals surface area contributed by atoms with Crippen LogP contribution in [0.3, 0.4) is 0 Å². The molecule has 1 unspecified atom stereocenters. The van der Waals surface area contributed by atoms with E-state index in [0.717, 1.165) is 18.2 Å². The summed E-state index contributed by atoms with van der Waals surface area (Å²) in [5, 5.41) is 3.36. The lowest BCUT2D eigenvalue weighted by Crippen LogP contribution is -2.49. The molecular weight excluding hydrogens is 429 g/mol. The van der Waals surface area contributed by atoms with E-state index in [-0.39, 0.29) is 11.7 Å². The summed E-state index contributed by atoms with van der Waals surface area (Å²) >= 11 is 0. The average molecular weight is 454 g/mol. The summed E-state index contributed by atoms with van der Waals surface area (Å²) in [6, 6.07) is 19.9. The second-order valence-electron chi connectivity index (χ2n) is 8.39. The third kappa shape index (κ3) is 5.01. The van der Waals surface area contributed by atoms with E-state index >= 15 is 0 Å². The molecule has 4 rings (SSSR count). The van der Waals surface area contributed by atoms with Crippen molar-refractivity contribution in [3.8, 4) is 0 Å². The first-order valence-corrected chi connectivity index (χ1v) is 10.6. The van der Waals surface area contributed by atoms with Gasteiger partial charge in [0.2, 0.25) is 5.91 Å². The first-order valence-electron chi connectivity index (χ1n) is 10.6. The summed E-state index contributed by atoms with van der Waals surface area (Å²) in [6.45, 7) is 0. The number of amides is 1. The number of halogens is 3. The van der Waals surface area contributed by atoms with Crippen molar-refractivity contribution in [2.24, 2.45) is 5.73 Å². The zero-order chi connectivity index (χ0) is 23.6. The Morgan fingerprint density at radius 1 is 1.00 bits per heavy atom. The molecule has 172 valence electrons. The summed E-state index contributed by atoms with van der Waals surface area (Å²) in [5.41, 5.74) is 6.96. The van der Waals surface area contributed by atoms with Crippen molar-refractivity contribution in [2.45, 2.75) is 36.6 Å². The molecule has 3 aromatic rings. The minimum Gasteiger partial charge on any atom is -0.373 e. The number of nitrogens with two attached hydrogens (primary N) is 1. The van der Waals surface area contributed by atoms with Crippen molar-refractivity contribution < 1.29 is 18.0 Å². The molecule has 8 heteroatoms. The molecule has 0 aliphatic heterocycles. The number of nitrogens with zero attached hydrogens (tertiary/aromatic N) is 2. The van der Waals surface area contributed by atoms with Crippen LogP contribution >= 0.6 is 0 Å². The van der Waals surface area contributed by atoms with Gasteiger partial charge in [0, 0.05) is 7.05 Å². The van der Waals surface area contributed by atoms with Crippen LogP contribution in [0.2, 0.25) is 0 Å². The second kappa shape index (κ2) is 8.86. The van der Waals surface area contributed by atoms with Crippen LogP contribution in [0.1, 0.15) is 41.7 Å². The van der Waals surface area contributed by atoms with Crippen LogP contribution in [0.4, 0.5) is 18.9 Å². The predicted octanol–water partition coefficient (Wildman–Crippen LogP) is 4.84. The fourth-order valence-electron chi connectivity index (χ4n) is 3.87. The van der Waals surface area contributed by atoms with E-state index < -0.39 is 23.7 Å². The molecule has 5 nitrogen and oxygen atoms in total. The Hall–Kier alpha value is -3.39. The summed E-state index contributed by atoms with van der Waals surface area (Å²) in [4.78, 5) is 17.2. The maximum absolute atomic E-state index is 13.9. The lowest BCUT2D eigenvalue weighted by molar-refractivity contribution is -0.190. The number of aromatic nitrogens is 1. The Balaban J connectivity index is 1.60. The zero-order valence-electron chi connectivity index (χ0n) is 18.1. The first kappa shape index (κ1) is 22.8. The van der Waals surface area contributed by atoms with E-state index in [1.165, 1.54) is 12.3 Å². The molecule has 1 fully saturated rings. The Bertz CT molecular complexity index is 1040. The second-order valence-corrected chi connectivity index (χ2v) is 8.39. The van der Waals surface area contributed by atoms with Gasteiger partial charge in [0.25, 0.3) is 0 Å². The van der Waals surface area contributed by atoms with Gasteiger partial charge in [-0.15, -0.1) is 0 Å². The number of hydrogen-bond donors (Lipinski definition) is 2. The standard InChI is InChI=1S/C25H25F3N4O/c1-32(23(33)24(29)14-15-24)22(25(26,27)28)20-13-12-19(16-30-20)31-21(17-8-4-2-5-9-17)18-10-6-3-7-11-18/h2-13,16,21-22,31H,14-15,29H2,1H3. The van der Waals surface area contributed by atoms with Crippen LogP contribution in [0.5, 0.6) is 0 Å². The van der Waals surface area contributed by atoms with Crippen molar-refractivity contribution in [2.75, 3.05) is 12.4 Å². The lowest BCUT2D eigenvalue weighted by atomic mass is 9.98. The van der Waals surface area contributed by atoms with Gasteiger partial charge in [0.15, 0.2) is 6.04 Å². The lowest BCUT2D eigenvalue weighted by Gasteiger charge is -2.31. The summed E-state index contributed by atoms with van der Waals surface area (Å²) in [5.74, 6) is -0.720. The minimum absolute atomic E-state index is 0.213. The average Bonchev–Trinajstić information content (AvgIpc) is 3.56. The number of nitrogens with one attached hydrogen (secondary N) is 1. The largest absolute Gasteiger partial charge is 0.414 e. The fraction of sp³-hybridized carbons (Fsp3) is 0.280. The van der Waals surface area contributed by atoms with Crippen molar-refractivity contribution >= 4 is 11.6 Å². The van der Waals surface area contributed by atoms with Crippen LogP contribution in [0, 0.1) is 0 Å². The highest BCUT2D eigenvalue weighted by Gasteiger charge is 2.53. The molecule has 33 heavy (non-hydrogen) atoms. The van der Waals surface area contributed by atoms with E-state index in [2.05, 4.69) is 10.3 Å². The molecule has 0 radical (unpaired) electrons. The SMILES string of the molecule is CN(C(=O)C1(N)CC1)C(c1ccc(NC(c2ccccc2)c2ccccc2)cn1)C(F)(F)F. The molecular formula is C25H25F3N4O. The Kier molecular flexibility index (Phi) is 6.12. The normalized spacial score (nSPS) is 15.7. The van der Waals surface area contributed by atoms with Crippen molar-refractivity contribution in [1.29, 1.82) is 0 Å². The number of hydrogen-bond acceptors (Lipinski definition) is 4. The van der Waals surface area contributed by atoms with Gasteiger partial charge >= 0.3 is 6.18 Å². The smallest absolute Gasteiger partial charge is 0.373 e. The third-order valence-corrected chi connectivity index (χ3v) is 5.88. The molecule has 1 amide bonds. The van der Waals surface area contributed by atoms with Crippen molar-refractivity contribution in [1.82, 2.24) is 9.88 Å². The highest BCUT2D eigenvalue weighted by molar-refractivity contribution is 5.89. The molecule has 3 N–H and O–H groups in total. The van der Waals surface area contributed by atoms with Crippen molar-refractivity contribution in [3.63, 3.8) is 0 Å². The summed E-state index contributed by atoms with van der Waals surface area (Å²) < 4.78 is 41.7. The van der Waals surface area contributed by atoms with Crippen LogP contribution in [-0.2, 0) is 4.79 Å². The van der Waals surface area contributed by atoms with Gasteiger partial charge in [-0.3, -0.25) is 9.78 Å². The monoisotopic (exact) mass is 454 g/mol. The van der Waals surface area contributed by atoms with Crippen LogP contribution in [-0.4, -0.2) is 34.6 Å². The van der Waals surface area contributed by atoms with Crippen LogP contribution in [0.25, 0.3) is 0 Å². The summed E-state index contributed by atoms with van der Waals surface area (Å²) in [7, 11) is 1.13. The maximum atomic E-state index is 13.9. The molecule has 1 saturated carbocycles. The molecule has 1 aliphatic carbocycles. The maximum Gasteiger partial charge on any atom is 0.414 e. The highest BCUT2D eigenvalue weighted by atomic mass is 19.4. The number of pyridine rings is 1. The molecule has 2 aromatic carbocycles. The Morgan fingerprint density at radius 2 is 1.55 bits per heavy atom. The van der Waals surface area contributed by atoms with Crippen molar-refractivity contribution in [3.05, 3.63) is 95.8 Å². The highest BCUT2D eigenvalue weighted by Crippen LogP contribution is 2.41. The summed E-state index contributed by atoms with van der Waals surface area (Å²) in [6.07, 6.45) is -2.55. The molecule has 1 aromatic heterocycles. The van der Waals surface area contributed by atoms with Gasteiger partial charge in [-0.05, 0) is 36.1 Å². The minimum atomic E-state index is -4.69. The molecule has 1 heterocycles. The first-order chi connectivity index (χ1) is 15.7. The molecule has 0 bridgehead atoms. The number of alkyl halides is 3. The fourth-order valence-corrected chi connectivity index (χ4v) is 3.87. The molecule has 0 spiro atoms. The quantitative estimate of drug-likeness (QED) is 0.536. The third-order valence-electron chi connectivity index (χ3n) is 5.88. The number of anilines is 1. The van der Waals surface area contributed by atoms with Gasteiger partial charge in [-0.2, -0.15) is 13.2 Å². The Labute approximate surface area is 190 Å². The van der Waals surface area contributed by atoms with Gasteiger partial charge in [-0.25, -0.2) is 0 Å². The van der Waals surface area contributed by atoms with Gasteiger partial charge in [-0.1, -0.05) is 60.7 Å². The van der Waals surface area contributed by atoms with E-state index in [1.54, 1.807) is 6.07 Å². The predicted molar refractivity (Wildman–Crippen MR) is 120 cm³/mol. The van der Waals surface area contributed by atoms with E-state index in [0.29, 0.717) is 23.4 Å². The van der Waals surface area contributed by atoms with E-state index in [9.17, 15) is 18.0 Å². The number of likely N-dealkylation sites (N-methyl/N-ethyl adjacent to an activating group) is 1. The van der Waals surface area contributed by atoms with Gasteiger partial charge < -0.3 is 16.0 Å². The Morgan fingerprint density at radius 3 is 1.97 bits per heavy atom. The number of carbonyl (C=O) groups excluding carboxylic acids is 1. The number of benzene rings is 2.